The van der Waals surface area contributed by atoms with Crippen LogP contribution >= 0.6 is 23.4 Å². The van der Waals surface area contributed by atoms with Gasteiger partial charge in [0, 0.05) is 18.4 Å². The fraction of sp³-hybridized carbons (Fsp3) is 0.300. The Balaban J connectivity index is 2.10. The molecule has 0 spiro atoms. The largest absolute Gasteiger partial charge is 0.288 e. The van der Waals surface area contributed by atoms with Crippen molar-refractivity contribution in [1.82, 2.24) is 9.88 Å². The quantitative estimate of drug-likeness (QED) is 0.762. The second kappa shape index (κ2) is 4.84. The summed E-state index contributed by atoms with van der Waals surface area (Å²) >= 11 is 6.82. The molecule has 4 nitrogen and oxygen atoms in total. The lowest BCUT2D eigenvalue weighted by Gasteiger charge is -2.23. The van der Waals surface area contributed by atoms with Gasteiger partial charge in [-0.2, -0.15) is 0 Å². The number of pyridine rings is 1. The molecular formula is C10H9ClN2O2S. The molecule has 0 atom stereocenters. The summed E-state index contributed by atoms with van der Waals surface area (Å²) in [6.45, 7) is 0.273. The van der Waals surface area contributed by atoms with Gasteiger partial charge in [-0.3, -0.25) is 14.5 Å². The van der Waals surface area contributed by atoms with Crippen molar-refractivity contribution >= 4 is 34.5 Å². The van der Waals surface area contributed by atoms with Gasteiger partial charge >= 0.3 is 0 Å². The first-order valence-electron chi connectivity index (χ1n) is 4.74. The number of thioether (sulfide) groups is 1. The Morgan fingerprint density at radius 3 is 2.88 bits per heavy atom. The number of nitrogens with zero attached hydrogens (tertiary/aromatic N) is 2. The van der Waals surface area contributed by atoms with Gasteiger partial charge < -0.3 is 0 Å². The van der Waals surface area contributed by atoms with E-state index in [4.69, 9.17) is 11.6 Å². The minimum Gasteiger partial charge on any atom is -0.274 e. The molecule has 2 amide bonds. The Morgan fingerprint density at radius 2 is 2.25 bits per heavy atom. The lowest BCUT2D eigenvalue weighted by molar-refractivity contribution is -0.128. The monoisotopic (exact) mass is 256 g/mol. The Bertz CT molecular complexity index is 405. The first-order chi connectivity index (χ1) is 7.66. The number of halogens is 1. The molecule has 0 aromatic carbocycles. The molecule has 6 heteroatoms. The maximum Gasteiger partial charge on any atom is 0.288 e. The van der Waals surface area contributed by atoms with E-state index in [9.17, 15) is 9.59 Å². The topological polar surface area (TPSA) is 50.3 Å². The molecule has 1 aromatic heterocycles. The summed E-state index contributed by atoms with van der Waals surface area (Å²) in [4.78, 5) is 28.2. The molecule has 1 aliphatic heterocycles. The van der Waals surface area contributed by atoms with Crippen molar-refractivity contribution in [2.45, 2.75) is 13.0 Å². The molecule has 1 fully saturated rings. The van der Waals surface area contributed by atoms with Crippen LogP contribution in [0.5, 0.6) is 0 Å². The van der Waals surface area contributed by atoms with Crippen molar-refractivity contribution in [2.24, 2.45) is 0 Å². The summed E-state index contributed by atoms with van der Waals surface area (Å²) in [5, 5.41) is 0.209. The lowest BCUT2D eigenvalue weighted by atomic mass is 10.2. The number of amides is 2. The molecule has 0 N–H and O–H groups in total. The van der Waals surface area contributed by atoms with Crippen LogP contribution in [0.1, 0.15) is 12.0 Å². The molecule has 0 bridgehead atoms. The van der Waals surface area contributed by atoms with Crippen LogP contribution in [0.3, 0.4) is 0 Å². The summed E-state index contributed by atoms with van der Waals surface area (Å²) in [7, 11) is 0. The van der Waals surface area contributed by atoms with Crippen molar-refractivity contribution in [3.63, 3.8) is 0 Å². The molecule has 0 saturated carbocycles. The van der Waals surface area contributed by atoms with Gasteiger partial charge in [-0.1, -0.05) is 29.4 Å². The number of hydrogen-bond acceptors (Lipinski definition) is 4. The highest BCUT2D eigenvalue weighted by Crippen LogP contribution is 2.20. The number of hydrogen-bond donors (Lipinski definition) is 0. The van der Waals surface area contributed by atoms with Gasteiger partial charge in [-0.05, 0) is 11.6 Å². The summed E-state index contributed by atoms with van der Waals surface area (Å²) < 4.78 is 0. The molecule has 0 aliphatic carbocycles. The predicted octanol–water partition coefficient (Wildman–Crippen LogP) is 2.32. The first-order valence-corrected chi connectivity index (χ1v) is 6.11. The van der Waals surface area contributed by atoms with E-state index in [0.29, 0.717) is 17.3 Å². The molecule has 1 aliphatic rings. The zero-order valence-electron chi connectivity index (χ0n) is 8.35. The van der Waals surface area contributed by atoms with Gasteiger partial charge in [0.05, 0.1) is 6.54 Å². The van der Waals surface area contributed by atoms with Crippen molar-refractivity contribution in [3.05, 3.63) is 29.0 Å². The second-order valence-electron chi connectivity index (χ2n) is 3.33. The highest BCUT2D eigenvalue weighted by Gasteiger charge is 2.26. The molecule has 2 heterocycles. The van der Waals surface area contributed by atoms with E-state index in [1.165, 1.54) is 16.7 Å². The average Bonchev–Trinajstić information content (AvgIpc) is 2.26. The van der Waals surface area contributed by atoms with Gasteiger partial charge in [0.15, 0.2) is 0 Å². The van der Waals surface area contributed by atoms with Gasteiger partial charge in [0.25, 0.3) is 5.24 Å². The third kappa shape index (κ3) is 2.54. The summed E-state index contributed by atoms with van der Waals surface area (Å²) in [6.07, 6.45) is 1.99. The zero-order valence-corrected chi connectivity index (χ0v) is 9.92. The van der Waals surface area contributed by atoms with Crippen molar-refractivity contribution in [2.75, 3.05) is 5.75 Å². The van der Waals surface area contributed by atoms with Crippen molar-refractivity contribution in [1.29, 1.82) is 0 Å². The molecule has 0 radical (unpaired) electrons. The van der Waals surface area contributed by atoms with E-state index in [0.717, 1.165) is 5.56 Å². The minimum absolute atomic E-state index is 0.126. The maximum atomic E-state index is 11.5. The SMILES string of the molecule is O=C1CCSC(=O)N1Cc1ccc(Cl)nc1. The summed E-state index contributed by atoms with van der Waals surface area (Å²) in [5.41, 5.74) is 0.800. The van der Waals surface area contributed by atoms with Crippen molar-refractivity contribution in [3.8, 4) is 0 Å². The van der Waals surface area contributed by atoms with Gasteiger partial charge in [-0.25, -0.2) is 4.98 Å². The Kier molecular flexibility index (Phi) is 3.46. The molecule has 0 unspecified atom stereocenters. The standard InChI is InChI=1S/C10H9ClN2O2S/c11-8-2-1-7(5-12-8)6-13-9(14)3-4-16-10(13)15/h1-2,5H,3-4,6H2. The van der Waals surface area contributed by atoms with Crippen molar-refractivity contribution < 1.29 is 9.59 Å². The van der Waals surface area contributed by atoms with E-state index >= 15 is 0 Å². The highest BCUT2D eigenvalue weighted by molar-refractivity contribution is 8.13. The number of carbonyl (C=O) groups excluding carboxylic acids is 2. The van der Waals surface area contributed by atoms with E-state index in [2.05, 4.69) is 4.98 Å². The van der Waals surface area contributed by atoms with Crippen LogP contribution in [-0.4, -0.2) is 26.8 Å². The third-order valence-electron chi connectivity index (χ3n) is 2.19. The fourth-order valence-electron chi connectivity index (χ4n) is 1.38. The van der Waals surface area contributed by atoms with E-state index in [-0.39, 0.29) is 17.7 Å². The van der Waals surface area contributed by atoms with Crippen LogP contribution in [0.4, 0.5) is 4.79 Å². The Morgan fingerprint density at radius 1 is 1.44 bits per heavy atom. The Hall–Kier alpha value is -1.07. The lowest BCUT2D eigenvalue weighted by Crippen LogP contribution is -2.37. The maximum absolute atomic E-state index is 11.5. The zero-order chi connectivity index (χ0) is 11.5. The third-order valence-corrected chi connectivity index (χ3v) is 3.29. The fourth-order valence-corrected chi connectivity index (χ4v) is 2.26. The second-order valence-corrected chi connectivity index (χ2v) is 4.77. The van der Waals surface area contributed by atoms with Gasteiger partial charge in [0.2, 0.25) is 5.91 Å². The molecular weight excluding hydrogens is 248 g/mol. The predicted molar refractivity (Wildman–Crippen MR) is 62.3 cm³/mol. The normalized spacial score (nSPS) is 16.7. The van der Waals surface area contributed by atoms with E-state index < -0.39 is 0 Å². The number of aromatic nitrogens is 1. The number of imide groups is 1. The first kappa shape index (κ1) is 11.4. The number of rotatable bonds is 2. The van der Waals surface area contributed by atoms with Crippen LogP contribution in [0.2, 0.25) is 5.15 Å². The average molecular weight is 257 g/mol. The van der Waals surface area contributed by atoms with Crippen LogP contribution < -0.4 is 0 Å². The van der Waals surface area contributed by atoms with Crippen LogP contribution in [0.25, 0.3) is 0 Å². The minimum atomic E-state index is -0.189. The highest BCUT2D eigenvalue weighted by atomic mass is 35.5. The van der Waals surface area contributed by atoms with Crippen LogP contribution in [0, 0.1) is 0 Å². The molecule has 16 heavy (non-hydrogen) atoms. The molecule has 2 rings (SSSR count). The molecule has 1 aromatic rings. The summed E-state index contributed by atoms with van der Waals surface area (Å²) in [5.74, 6) is 0.450. The van der Waals surface area contributed by atoms with E-state index in [1.807, 2.05) is 0 Å². The smallest absolute Gasteiger partial charge is 0.274 e. The van der Waals surface area contributed by atoms with Gasteiger partial charge in [0.1, 0.15) is 5.15 Å². The molecule has 1 saturated heterocycles. The van der Waals surface area contributed by atoms with Gasteiger partial charge in [-0.15, -0.1) is 0 Å². The van der Waals surface area contributed by atoms with Crippen LogP contribution in [-0.2, 0) is 11.3 Å². The molecule has 84 valence electrons. The number of carbonyl (C=O) groups is 2. The van der Waals surface area contributed by atoms with Crippen LogP contribution in [0.15, 0.2) is 18.3 Å². The summed E-state index contributed by atoms with van der Waals surface area (Å²) in [6, 6.07) is 3.40. The Labute approximate surface area is 102 Å². The van der Waals surface area contributed by atoms with E-state index in [1.54, 1.807) is 18.3 Å².